The predicted octanol–water partition coefficient (Wildman–Crippen LogP) is 4.39. The number of aromatic amines is 1. The minimum atomic E-state index is -0.412. The van der Waals surface area contributed by atoms with Crippen molar-refractivity contribution in [2.45, 2.75) is 36.0 Å². The maximum atomic E-state index is 13.8. The largest absolute Gasteiger partial charge is 0.326 e. The van der Waals surface area contributed by atoms with Crippen molar-refractivity contribution in [2.24, 2.45) is 29.6 Å². The molecule has 7 atom stereocenters. The van der Waals surface area contributed by atoms with Gasteiger partial charge in [0.05, 0.1) is 16.9 Å². The van der Waals surface area contributed by atoms with E-state index in [9.17, 15) is 23.6 Å². The van der Waals surface area contributed by atoms with Crippen LogP contribution in [0.25, 0.3) is 0 Å². The number of thioether (sulfide) groups is 1. The van der Waals surface area contributed by atoms with Crippen molar-refractivity contribution in [2.75, 3.05) is 11.9 Å². The molecule has 39 heavy (non-hydrogen) atoms. The highest BCUT2D eigenvalue weighted by molar-refractivity contribution is 8.00. The van der Waals surface area contributed by atoms with Gasteiger partial charge in [-0.1, -0.05) is 41.2 Å². The molecule has 3 fully saturated rings. The van der Waals surface area contributed by atoms with Crippen molar-refractivity contribution < 1.29 is 18.8 Å². The first-order valence-electron chi connectivity index (χ1n) is 13.2. The van der Waals surface area contributed by atoms with E-state index < -0.39 is 11.8 Å². The molecule has 7 rings (SSSR count). The topological polar surface area (TPSA) is 99.3 Å². The van der Waals surface area contributed by atoms with Crippen LogP contribution in [0.3, 0.4) is 0 Å². The number of carbonyl (C=O) groups excluding carboxylic acids is 3. The van der Waals surface area contributed by atoms with Crippen LogP contribution < -0.4 is 10.2 Å². The van der Waals surface area contributed by atoms with Gasteiger partial charge in [0.2, 0.25) is 17.7 Å². The Kier molecular flexibility index (Phi) is 5.82. The Morgan fingerprint density at radius 2 is 1.72 bits per heavy atom. The fraction of sp³-hybridized carbons (Fsp3) is 0.379. The molecule has 10 heteroatoms. The van der Waals surface area contributed by atoms with Crippen LogP contribution in [-0.4, -0.2) is 39.4 Å². The molecule has 2 aromatic carbocycles. The average Bonchev–Trinajstić information content (AvgIpc) is 3.64. The Hall–Kier alpha value is -3.24. The van der Waals surface area contributed by atoms with E-state index in [2.05, 4.69) is 10.3 Å². The van der Waals surface area contributed by atoms with E-state index in [1.165, 1.54) is 28.4 Å². The van der Waals surface area contributed by atoms with Crippen LogP contribution >= 0.6 is 23.1 Å². The zero-order valence-electron chi connectivity index (χ0n) is 21.1. The Balaban J connectivity index is 1.14. The summed E-state index contributed by atoms with van der Waals surface area (Å²) in [5.74, 6) is -1.81. The zero-order valence-corrected chi connectivity index (χ0v) is 22.7. The van der Waals surface area contributed by atoms with E-state index in [-0.39, 0.29) is 70.3 Å². The summed E-state index contributed by atoms with van der Waals surface area (Å²) in [5, 5.41) is 3.74. The second-order valence-corrected chi connectivity index (χ2v) is 13.2. The van der Waals surface area contributed by atoms with Crippen LogP contribution in [-0.2, 0) is 14.4 Å². The second-order valence-electron chi connectivity index (χ2n) is 11.0. The van der Waals surface area contributed by atoms with E-state index in [0.717, 1.165) is 27.5 Å². The molecule has 1 saturated heterocycles. The van der Waals surface area contributed by atoms with Gasteiger partial charge in [0, 0.05) is 34.7 Å². The molecular weight excluding hydrogens is 537 g/mol. The van der Waals surface area contributed by atoms with Gasteiger partial charge >= 0.3 is 4.87 Å². The second kappa shape index (κ2) is 9.16. The number of imide groups is 1. The summed E-state index contributed by atoms with van der Waals surface area (Å²) >= 11 is 2.80. The van der Waals surface area contributed by atoms with Crippen molar-refractivity contribution in [1.82, 2.24) is 9.88 Å². The summed E-state index contributed by atoms with van der Waals surface area (Å²) in [5.41, 5.74) is 2.69. The molecule has 4 aliphatic rings. The lowest BCUT2D eigenvalue weighted by Crippen LogP contribution is -2.42. The molecule has 200 valence electrons. The third kappa shape index (κ3) is 3.90. The summed E-state index contributed by atoms with van der Waals surface area (Å²) in [6, 6.07) is 13.9. The highest BCUT2D eigenvalue weighted by atomic mass is 32.2. The molecule has 7 nitrogen and oxygen atoms in total. The van der Waals surface area contributed by atoms with Crippen molar-refractivity contribution in [3.05, 3.63) is 80.0 Å². The van der Waals surface area contributed by atoms with Gasteiger partial charge in [-0.2, -0.15) is 0 Å². The molecule has 2 saturated carbocycles. The summed E-state index contributed by atoms with van der Waals surface area (Å²) < 4.78 is 13.8. The first-order chi connectivity index (χ1) is 18.8. The van der Waals surface area contributed by atoms with Crippen molar-refractivity contribution >= 4 is 46.5 Å². The number of hydrogen-bond acceptors (Lipinski definition) is 6. The van der Waals surface area contributed by atoms with Crippen LogP contribution in [0.4, 0.5) is 10.1 Å². The number of amides is 3. The minimum absolute atomic E-state index is 0.0114. The predicted molar refractivity (Wildman–Crippen MR) is 146 cm³/mol. The fourth-order valence-corrected chi connectivity index (χ4v) is 10.3. The van der Waals surface area contributed by atoms with Crippen LogP contribution in [0, 0.1) is 42.3 Å². The number of halogens is 1. The highest BCUT2D eigenvalue weighted by Crippen LogP contribution is 2.68. The van der Waals surface area contributed by atoms with E-state index in [0.29, 0.717) is 5.69 Å². The number of aryl methyl sites for hydroxylation is 1. The third-order valence-electron chi connectivity index (χ3n) is 8.94. The molecular formula is C29H26FN3O4S2. The van der Waals surface area contributed by atoms with Gasteiger partial charge in [-0.3, -0.25) is 24.1 Å². The lowest BCUT2D eigenvalue weighted by Gasteiger charge is -2.43. The van der Waals surface area contributed by atoms with Crippen molar-refractivity contribution in [1.29, 1.82) is 0 Å². The summed E-state index contributed by atoms with van der Waals surface area (Å²) in [6.45, 7) is 2.03. The average molecular weight is 564 g/mol. The number of thiazole rings is 1. The number of hydrogen-bond donors (Lipinski definition) is 2. The first-order valence-corrected chi connectivity index (χ1v) is 14.9. The Morgan fingerprint density at radius 1 is 1.03 bits per heavy atom. The van der Waals surface area contributed by atoms with Gasteiger partial charge in [-0.25, -0.2) is 4.39 Å². The molecule has 2 N–H and O–H groups in total. The van der Waals surface area contributed by atoms with Gasteiger partial charge in [-0.05, 0) is 60.9 Å². The maximum absolute atomic E-state index is 13.8. The van der Waals surface area contributed by atoms with E-state index in [1.807, 2.05) is 31.2 Å². The molecule has 2 bridgehead atoms. The van der Waals surface area contributed by atoms with Crippen molar-refractivity contribution in [3.8, 4) is 0 Å². The highest BCUT2D eigenvalue weighted by Gasteiger charge is 2.69. The minimum Gasteiger partial charge on any atom is -0.326 e. The number of nitrogens with zero attached hydrogens (tertiary/aromatic N) is 1. The van der Waals surface area contributed by atoms with Crippen LogP contribution in [0.15, 0.2) is 58.4 Å². The smallest absolute Gasteiger partial charge is 0.305 e. The number of H-pyrrole nitrogens is 1. The Bertz CT molecular complexity index is 1550. The van der Waals surface area contributed by atoms with E-state index in [1.54, 1.807) is 23.9 Å². The number of aromatic nitrogens is 1. The van der Waals surface area contributed by atoms with Gasteiger partial charge in [0.1, 0.15) is 5.82 Å². The number of carbonyl (C=O) groups is 3. The van der Waals surface area contributed by atoms with Gasteiger partial charge < -0.3 is 10.3 Å². The van der Waals surface area contributed by atoms with Gasteiger partial charge in [-0.15, -0.1) is 11.8 Å². The summed E-state index contributed by atoms with van der Waals surface area (Å²) in [4.78, 5) is 57.2. The van der Waals surface area contributed by atoms with Crippen LogP contribution in [0.2, 0.25) is 0 Å². The summed E-state index contributed by atoms with van der Waals surface area (Å²) in [7, 11) is 0. The summed E-state index contributed by atoms with van der Waals surface area (Å²) in [6.07, 6.45) is 0.826. The third-order valence-corrected chi connectivity index (χ3v) is 11.5. The quantitative estimate of drug-likeness (QED) is 0.449. The molecule has 0 spiro atoms. The normalized spacial score (nSPS) is 30.3. The molecule has 2 aliphatic heterocycles. The number of nitrogens with one attached hydrogen (secondary N) is 2. The molecule has 0 radical (unpaired) electrons. The Morgan fingerprint density at radius 3 is 2.44 bits per heavy atom. The van der Waals surface area contributed by atoms with Gasteiger partial charge in [0.15, 0.2) is 0 Å². The van der Waals surface area contributed by atoms with Crippen LogP contribution in [0.1, 0.15) is 34.8 Å². The van der Waals surface area contributed by atoms with Crippen LogP contribution in [0.5, 0.6) is 0 Å². The number of rotatable bonds is 5. The molecule has 3 aromatic rings. The van der Waals surface area contributed by atoms with Gasteiger partial charge in [0.25, 0.3) is 0 Å². The fourth-order valence-electron chi connectivity index (χ4n) is 7.42. The maximum Gasteiger partial charge on any atom is 0.305 e. The molecule has 7 unspecified atom stereocenters. The number of fused-ring (bicyclic) bond motifs is 9. The number of anilines is 1. The molecule has 1 aromatic heterocycles. The monoisotopic (exact) mass is 563 g/mol. The van der Waals surface area contributed by atoms with Crippen molar-refractivity contribution in [3.63, 3.8) is 0 Å². The Labute approximate surface area is 232 Å². The molecule has 2 aliphatic carbocycles. The lowest BCUT2D eigenvalue weighted by molar-refractivity contribution is -0.141. The van der Waals surface area contributed by atoms with E-state index in [4.69, 9.17) is 0 Å². The lowest BCUT2D eigenvalue weighted by atomic mass is 9.68. The SMILES string of the molecule is Cc1ccc(NC(=O)CCN2C(=O)C3C4CC(C3C2=O)C2C(c3ccc(F)cc3)c3sc(=O)[nH]c3SC42)cc1. The molecule has 3 amide bonds. The number of benzene rings is 2. The standard InChI is InChI=1S/C29H26FN3O4S2/c1-13-2-8-16(9-3-13)31-19(34)10-11-33-27(35)22-17-12-18(23(22)28(33)36)24-21(17)20(14-4-6-15(30)7-5-14)25-26(38-24)32-29(37)39-25/h2-9,17-18,20-24H,10-12H2,1H3,(H,31,34)(H,32,37). The molecule has 3 heterocycles. The zero-order chi connectivity index (χ0) is 27.0. The van der Waals surface area contributed by atoms with E-state index >= 15 is 0 Å². The number of likely N-dealkylation sites (tertiary alicyclic amines) is 1. The first kappa shape index (κ1) is 24.8.